The van der Waals surface area contributed by atoms with E-state index in [2.05, 4.69) is 0 Å². The predicted molar refractivity (Wildman–Crippen MR) is 51.8 cm³/mol. The third-order valence-corrected chi connectivity index (χ3v) is 4.61. The average molecular weight is 193 g/mol. The normalized spacial score (nSPS) is 17.3. The van der Waals surface area contributed by atoms with Crippen LogP contribution in [0.5, 0.6) is 0 Å². The van der Waals surface area contributed by atoms with Crippen LogP contribution in [0.2, 0.25) is 0 Å². The van der Waals surface area contributed by atoms with Crippen molar-refractivity contribution in [3.63, 3.8) is 0 Å². The minimum atomic E-state index is -2.95. The Kier molecular flexibility index (Phi) is 4.78. The van der Waals surface area contributed by atoms with Gasteiger partial charge in [0.05, 0.1) is 11.0 Å². The van der Waals surface area contributed by atoms with Crippen LogP contribution in [0.25, 0.3) is 0 Å². The van der Waals surface area contributed by atoms with Gasteiger partial charge in [0.15, 0.2) is 9.84 Å². The van der Waals surface area contributed by atoms with E-state index in [1.807, 2.05) is 13.8 Å². The van der Waals surface area contributed by atoms with Gasteiger partial charge in [0.2, 0.25) is 0 Å². The van der Waals surface area contributed by atoms with Gasteiger partial charge in [-0.25, -0.2) is 8.42 Å². The summed E-state index contributed by atoms with van der Waals surface area (Å²) in [6.07, 6.45) is 0.899. The van der Waals surface area contributed by atoms with Crippen molar-refractivity contribution in [1.29, 1.82) is 0 Å². The molecular formula is C8H19NO2S. The van der Waals surface area contributed by atoms with Crippen molar-refractivity contribution in [2.75, 3.05) is 12.3 Å². The lowest BCUT2D eigenvalue weighted by atomic mass is 10.2. The highest BCUT2D eigenvalue weighted by Gasteiger charge is 2.21. The lowest BCUT2D eigenvalue weighted by molar-refractivity contribution is 0.554. The fourth-order valence-corrected chi connectivity index (χ4v) is 2.48. The van der Waals surface area contributed by atoms with Gasteiger partial charge in [-0.15, -0.1) is 0 Å². The minimum absolute atomic E-state index is 0.221. The summed E-state index contributed by atoms with van der Waals surface area (Å²) in [5.74, 6) is 0.506. The Morgan fingerprint density at radius 2 is 1.83 bits per heavy atom. The van der Waals surface area contributed by atoms with E-state index in [-0.39, 0.29) is 18.2 Å². The molecule has 0 heterocycles. The summed E-state index contributed by atoms with van der Waals surface area (Å²) in [5.41, 5.74) is 5.30. The van der Waals surface area contributed by atoms with Crippen LogP contribution >= 0.6 is 0 Å². The van der Waals surface area contributed by atoms with Crippen molar-refractivity contribution in [1.82, 2.24) is 0 Å². The summed E-state index contributed by atoms with van der Waals surface area (Å²) in [7, 11) is -2.95. The molecule has 2 unspecified atom stereocenters. The predicted octanol–water partition coefficient (Wildman–Crippen LogP) is 0.794. The van der Waals surface area contributed by atoms with Gasteiger partial charge in [-0.3, -0.25) is 0 Å². The number of nitrogens with two attached hydrogens (primary N) is 1. The zero-order valence-corrected chi connectivity index (χ0v) is 8.89. The Bertz CT molecular complexity index is 211. The summed E-state index contributed by atoms with van der Waals surface area (Å²) in [4.78, 5) is 0. The first-order valence-electron chi connectivity index (χ1n) is 4.35. The van der Waals surface area contributed by atoms with Gasteiger partial charge in [0.25, 0.3) is 0 Å². The summed E-state index contributed by atoms with van der Waals surface area (Å²) in [6.45, 7) is 5.82. The first kappa shape index (κ1) is 11.9. The minimum Gasteiger partial charge on any atom is -0.329 e. The molecule has 0 aliphatic carbocycles. The fraction of sp³-hybridized carbons (Fsp3) is 1.00. The summed E-state index contributed by atoms with van der Waals surface area (Å²) in [5, 5.41) is -0.397. The summed E-state index contributed by atoms with van der Waals surface area (Å²) < 4.78 is 22.9. The molecule has 4 heteroatoms. The molecule has 12 heavy (non-hydrogen) atoms. The highest BCUT2D eigenvalue weighted by Crippen LogP contribution is 2.09. The molecule has 0 bridgehead atoms. The number of hydrogen-bond acceptors (Lipinski definition) is 3. The van der Waals surface area contributed by atoms with Crippen LogP contribution in [0, 0.1) is 5.92 Å². The van der Waals surface area contributed by atoms with E-state index in [0.717, 1.165) is 6.42 Å². The third kappa shape index (κ3) is 3.54. The maximum atomic E-state index is 11.5. The van der Waals surface area contributed by atoms with Gasteiger partial charge in [-0.05, 0) is 12.8 Å². The van der Waals surface area contributed by atoms with Gasteiger partial charge >= 0.3 is 0 Å². The zero-order chi connectivity index (χ0) is 9.78. The molecule has 0 radical (unpaired) electrons. The number of rotatable bonds is 5. The Labute approximate surface area is 75.3 Å². The first-order valence-corrected chi connectivity index (χ1v) is 6.07. The molecule has 0 spiro atoms. The molecule has 0 amide bonds. The van der Waals surface area contributed by atoms with Gasteiger partial charge in [0.1, 0.15) is 0 Å². The van der Waals surface area contributed by atoms with E-state index in [1.54, 1.807) is 6.92 Å². The van der Waals surface area contributed by atoms with E-state index in [4.69, 9.17) is 5.73 Å². The largest absolute Gasteiger partial charge is 0.329 e. The van der Waals surface area contributed by atoms with Gasteiger partial charge < -0.3 is 5.73 Å². The molecular weight excluding hydrogens is 174 g/mol. The Balaban J connectivity index is 4.23. The molecule has 2 atom stereocenters. The molecule has 0 aromatic carbocycles. The second kappa shape index (κ2) is 4.82. The zero-order valence-electron chi connectivity index (χ0n) is 8.08. The van der Waals surface area contributed by atoms with Crippen LogP contribution in [-0.2, 0) is 9.84 Å². The molecule has 74 valence electrons. The standard InChI is InChI=1S/C8H19NO2S/c1-4-7(2)6-12(10,11)8(3)5-9/h7-8H,4-6,9H2,1-3H3. The topological polar surface area (TPSA) is 60.2 Å². The molecule has 2 N–H and O–H groups in total. The SMILES string of the molecule is CCC(C)CS(=O)(=O)C(C)CN. The highest BCUT2D eigenvalue weighted by atomic mass is 32.2. The van der Waals surface area contributed by atoms with Crippen molar-refractivity contribution < 1.29 is 8.42 Å². The lowest BCUT2D eigenvalue weighted by Gasteiger charge is -2.13. The highest BCUT2D eigenvalue weighted by molar-refractivity contribution is 7.92. The number of hydrogen-bond donors (Lipinski definition) is 1. The molecule has 0 saturated heterocycles. The van der Waals surface area contributed by atoms with E-state index in [0.29, 0.717) is 0 Å². The molecule has 0 aromatic rings. The van der Waals surface area contributed by atoms with Crippen LogP contribution in [0.3, 0.4) is 0 Å². The average Bonchev–Trinajstić information content (AvgIpc) is 2.02. The molecule has 0 fully saturated rings. The number of sulfone groups is 1. The summed E-state index contributed by atoms with van der Waals surface area (Å²) in [6, 6.07) is 0. The monoisotopic (exact) mass is 193 g/mol. The molecule has 0 aliphatic heterocycles. The van der Waals surface area contributed by atoms with E-state index >= 15 is 0 Å². The van der Waals surface area contributed by atoms with E-state index < -0.39 is 15.1 Å². The van der Waals surface area contributed by atoms with Crippen molar-refractivity contribution in [2.24, 2.45) is 11.7 Å². The maximum absolute atomic E-state index is 11.5. The van der Waals surface area contributed by atoms with Crippen LogP contribution < -0.4 is 5.73 Å². The third-order valence-electron chi connectivity index (χ3n) is 2.16. The molecule has 0 aromatic heterocycles. The molecule has 0 rings (SSSR count). The molecule has 0 saturated carbocycles. The van der Waals surface area contributed by atoms with Crippen LogP contribution in [-0.4, -0.2) is 26.0 Å². The van der Waals surface area contributed by atoms with Crippen molar-refractivity contribution in [2.45, 2.75) is 32.4 Å². The van der Waals surface area contributed by atoms with Crippen molar-refractivity contribution in [3.8, 4) is 0 Å². The Hall–Kier alpha value is -0.0900. The van der Waals surface area contributed by atoms with Crippen LogP contribution in [0.1, 0.15) is 27.2 Å². The quantitative estimate of drug-likeness (QED) is 0.702. The van der Waals surface area contributed by atoms with Gasteiger partial charge in [0, 0.05) is 6.54 Å². The van der Waals surface area contributed by atoms with Crippen molar-refractivity contribution >= 4 is 9.84 Å². The van der Waals surface area contributed by atoms with E-state index in [1.165, 1.54) is 0 Å². The Morgan fingerprint density at radius 3 is 2.17 bits per heavy atom. The lowest BCUT2D eigenvalue weighted by Crippen LogP contribution is -2.30. The summed E-state index contributed by atoms with van der Waals surface area (Å²) >= 11 is 0. The fourth-order valence-electron chi connectivity index (χ4n) is 0.825. The second-order valence-electron chi connectivity index (χ2n) is 3.39. The van der Waals surface area contributed by atoms with Crippen molar-refractivity contribution in [3.05, 3.63) is 0 Å². The maximum Gasteiger partial charge on any atom is 0.154 e. The van der Waals surface area contributed by atoms with Crippen LogP contribution in [0.15, 0.2) is 0 Å². The smallest absolute Gasteiger partial charge is 0.154 e. The first-order chi connectivity index (χ1) is 5.44. The second-order valence-corrected chi connectivity index (χ2v) is 5.85. The van der Waals surface area contributed by atoms with Gasteiger partial charge in [-0.2, -0.15) is 0 Å². The Morgan fingerprint density at radius 1 is 1.33 bits per heavy atom. The van der Waals surface area contributed by atoms with Crippen LogP contribution in [0.4, 0.5) is 0 Å². The molecule has 3 nitrogen and oxygen atoms in total. The molecule has 0 aliphatic rings. The van der Waals surface area contributed by atoms with Gasteiger partial charge in [-0.1, -0.05) is 20.3 Å². The van der Waals surface area contributed by atoms with E-state index in [9.17, 15) is 8.42 Å².